The van der Waals surface area contributed by atoms with E-state index < -0.39 is 19.8 Å². The second-order valence-corrected chi connectivity index (χ2v) is 6.47. The molecule has 8 heteroatoms. The lowest BCUT2D eigenvalue weighted by Gasteiger charge is -2.24. The van der Waals surface area contributed by atoms with E-state index in [1.807, 2.05) is 0 Å². The van der Waals surface area contributed by atoms with Crippen molar-refractivity contribution in [3.05, 3.63) is 53.8 Å². The minimum atomic E-state index is -4.67. The van der Waals surface area contributed by atoms with Gasteiger partial charge in [0, 0.05) is 0 Å². The number of aliphatic hydroxyl groups is 2. The molecule has 2 unspecified atom stereocenters. The molecular formula is C15H18NO6P. The van der Waals surface area contributed by atoms with E-state index in [1.165, 1.54) is 24.3 Å². The Labute approximate surface area is 133 Å². The largest absolute Gasteiger partial charge is 0.512 e. The molecule has 0 spiro atoms. The fourth-order valence-electron chi connectivity index (χ4n) is 2.44. The highest BCUT2D eigenvalue weighted by molar-refractivity contribution is 7.50. The number of aromatic hydroxyl groups is 1. The molecule has 0 aromatic heterocycles. The highest BCUT2D eigenvalue weighted by Gasteiger charge is 2.30. The minimum absolute atomic E-state index is 0.0678. The van der Waals surface area contributed by atoms with Crippen molar-refractivity contribution in [1.82, 2.24) is 0 Å². The van der Waals surface area contributed by atoms with Gasteiger partial charge in [-0.2, -0.15) is 4.76 Å². The zero-order valence-electron chi connectivity index (χ0n) is 12.1. The summed E-state index contributed by atoms with van der Waals surface area (Å²) in [6.45, 7) is 0. The second-order valence-electron chi connectivity index (χ2n) is 5.24. The minimum Gasteiger partial charge on any atom is -0.512 e. The van der Waals surface area contributed by atoms with Crippen LogP contribution in [0.4, 0.5) is 0 Å². The van der Waals surface area contributed by atoms with Crippen LogP contribution < -0.4 is 0 Å². The van der Waals surface area contributed by atoms with Gasteiger partial charge in [0.1, 0.15) is 11.5 Å². The average molecular weight is 339 g/mol. The van der Waals surface area contributed by atoms with Crippen LogP contribution in [0.15, 0.2) is 53.0 Å². The maximum atomic E-state index is 11.1. The molecule has 124 valence electrons. The lowest BCUT2D eigenvalue weighted by atomic mass is 9.88. The summed E-state index contributed by atoms with van der Waals surface area (Å²) >= 11 is 0. The van der Waals surface area contributed by atoms with Gasteiger partial charge in [-0.25, -0.2) is 4.57 Å². The Morgan fingerprint density at radius 2 is 2.00 bits per heavy atom. The predicted molar refractivity (Wildman–Crippen MR) is 85.3 cm³/mol. The summed E-state index contributed by atoms with van der Waals surface area (Å²) in [7, 11) is -4.67. The number of phenols is 1. The molecule has 1 aliphatic carbocycles. The Balaban J connectivity index is 2.13. The van der Waals surface area contributed by atoms with Gasteiger partial charge >= 0.3 is 7.75 Å². The molecule has 0 saturated heterocycles. The fraction of sp³-hybridized carbons (Fsp3) is 0.267. The van der Waals surface area contributed by atoms with Crippen molar-refractivity contribution in [3.8, 4) is 5.75 Å². The normalized spacial score (nSPS) is 21.3. The lowest BCUT2D eigenvalue weighted by molar-refractivity contribution is 0.122. The van der Waals surface area contributed by atoms with Crippen molar-refractivity contribution in [2.75, 3.05) is 0 Å². The Bertz CT molecular complexity index is 706. The van der Waals surface area contributed by atoms with Gasteiger partial charge in [-0.05, 0) is 42.7 Å². The van der Waals surface area contributed by atoms with Crippen molar-refractivity contribution < 1.29 is 29.7 Å². The van der Waals surface area contributed by atoms with Gasteiger partial charge in [0.25, 0.3) is 0 Å². The molecule has 1 aromatic carbocycles. The van der Waals surface area contributed by atoms with Crippen molar-refractivity contribution in [2.45, 2.75) is 18.9 Å². The van der Waals surface area contributed by atoms with E-state index in [9.17, 15) is 19.9 Å². The van der Waals surface area contributed by atoms with Crippen molar-refractivity contribution in [2.24, 2.45) is 10.7 Å². The number of phenolic OH excluding ortho intramolecular Hbond substituents is 1. The number of allylic oxidation sites excluding steroid dienone is 3. The second kappa shape index (κ2) is 7.10. The molecule has 0 bridgehead atoms. The molecule has 1 aliphatic rings. The summed E-state index contributed by atoms with van der Waals surface area (Å²) in [5.41, 5.74) is 0.731. The van der Waals surface area contributed by atoms with Crippen LogP contribution in [0.1, 0.15) is 12.0 Å². The monoisotopic (exact) mass is 339 g/mol. The first-order chi connectivity index (χ1) is 10.8. The van der Waals surface area contributed by atoms with E-state index in [0.717, 1.165) is 5.56 Å². The number of benzene rings is 1. The number of nitrogens with zero attached hydrogens (tertiary/aromatic N) is 1. The fourth-order valence-corrected chi connectivity index (χ4v) is 2.93. The van der Waals surface area contributed by atoms with Crippen LogP contribution in [-0.4, -0.2) is 36.9 Å². The molecule has 0 fully saturated rings. The molecule has 23 heavy (non-hydrogen) atoms. The Morgan fingerprint density at radius 3 is 2.65 bits per heavy atom. The molecule has 2 atom stereocenters. The smallest absolute Gasteiger partial charge is 0.448 e. The predicted octanol–water partition coefficient (Wildman–Crippen LogP) is 1.85. The standard InChI is InChI=1S/C15H18NO6P/c17-11-4-1-3-10(9-11)7-8-14(19)15-12(16-23(20,21)22)5-2-6-13(15)18/h1-6,9,14-15,17-19H,7-8H2,(H2,20,21,22)/b16-12+. The van der Waals surface area contributed by atoms with Gasteiger partial charge in [-0.1, -0.05) is 18.2 Å². The Kier molecular flexibility index (Phi) is 5.38. The first-order valence-corrected chi connectivity index (χ1v) is 8.51. The first-order valence-electron chi connectivity index (χ1n) is 6.95. The summed E-state index contributed by atoms with van der Waals surface area (Å²) in [4.78, 5) is 17.9. The van der Waals surface area contributed by atoms with Gasteiger partial charge in [0.05, 0.1) is 17.7 Å². The molecule has 0 amide bonds. The Morgan fingerprint density at radius 1 is 1.26 bits per heavy atom. The van der Waals surface area contributed by atoms with E-state index in [2.05, 4.69) is 4.76 Å². The quantitative estimate of drug-likeness (QED) is 0.520. The van der Waals surface area contributed by atoms with E-state index in [-0.39, 0.29) is 23.6 Å². The van der Waals surface area contributed by atoms with Gasteiger partial charge < -0.3 is 25.1 Å². The average Bonchev–Trinajstić information content (AvgIpc) is 2.43. The van der Waals surface area contributed by atoms with Crippen LogP contribution in [0.3, 0.4) is 0 Å². The van der Waals surface area contributed by atoms with E-state index in [0.29, 0.717) is 6.42 Å². The van der Waals surface area contributed by atoms with Crippen LogP contribution in [0.5, 0.6) is 5.75 Å². The van der Waals surface area contributed by atoms with E-state index in [1.54, 1.807) is 18.2 Å². The highest BCUT2D eigenvalue weighted by atomic mass is 31.2. The number of hydrogen-bond acceptors (Lipinski definition) is 4. The topological polar surface area (TPSA) is 131 Å². The number of aryl methyl sites for hydroxylation is 1. The first kappa shape index (κ1) is 17.4. The van der Waals surface area contributed by atoms with Crippen LogP contribution in [-0.2, 0) is 11.0 Å². The maximum absolute atomic E-state index is 11.1. The maximum Gasteiger partial charge on any atom is 0.448 e. The lowest BCUT2D eigenvalue weighted by Crippen LogP contribution is -2.31. The Hall–Kier alpha value is -1.92. The summed E-state index contributed by atoms with van der Waals surface area (Å²) in [6.07, 6.45) is 3.67. The molecule has 7 nitrogen and oxygen atoms in total. The van der Waals surface area contributed by atoms with Gasteiger partial charge in [0.2, 0.25) is 0 Å². The number of aliphatic hydroxyl groups excluding tert-OH is 2. The third-order valence-electron chi connectivity index (χ3n) is 3.44. The molecule has 0 radical (unpaired) electrons. The van der Waals surface area contributed by atoms with E-state index in [4.69, 9.17) is 9.79 Å². The van der Waals surface area contributed by atoms with Crippen molar-refractivity contribution in [3.63, 3.8) is 0 Å². The summed E-state index contributed by atoms with van der Waals surface area (Å²) < 4.78 is 14.3. The summed E-state index contributed by atoms with van der Waals surface area (Å²) in [5, 5.41) is 29.6. The summed E-state index contributed by atoms with van der Waals surface area (Å²) in [6, 6.07) is 6.56. The van der Waals surface area contributed by atoms with Crippen LogP contribution >= 0.6 is 7.75 Å². The van der Waals surface area contributed by atoms with Crippen molar-refractivity contribution in [1.29, 1.82) is 0 Å². The van der Waals surface area contributed by atoms with Crippen LogP contribution in [0, 0.1) is 5.92 Å². The van der Waals surface area contributed by atoms with Gasteiger partial charge in [-0.3, -0.25) is 0 Å². The molecule has 0 heterocycles. The number of rotatable bonds is 5. The van der Waals surface area contributed by atoms with E-state index >= 15 is 0 Å². The van der Waals surface area contributed by atoms with Crippen LogP contribution in [0.25, 0.3) is 0 Å². The molecule has 0 saturated carbocycles. The molecule has 5 N–H and O–H groups in total. The molecular weight excluding hydrogens is 321 g/mol. The van der Waals surface area contributed by atoms with Gasteiger partial charge in [0.15, 0.2) is 0 Å². The third kappa shape index (κ3) is 5.04. The van der Waals surface area contributed by atoms with Crippen LogP contribution in [0.2, 0.25) is 0 Å². The SMILES string of the molecule is O=P(O)(O)/N=C1\C=CC=C(O)C1C(O)CCc1cccc(O)c1. The highest BCUT2D eigenvalue weighted by Crippen LogP contribution is 2.39. The molecule has 1 aromatic rings. The zero-order chi connectivity index (χ0) is 17.0. The molecule has 2 rings (SSSR count). The molecule has 0 aliphatic heterocycles. The third-order valence-corrected chi connectivity index (χ3v) is 3.93. The summed E-state index contributed by atoms with van der Waals surface area (Å²) in [5.74, 6) is -1.09. The number of hydrogen-bond donors (Lipinski definition) is 5. The zero-order valence-corrected chi connectivity index (χ0v) is 13.0. The van der Waals surface area contributed by atoms with Crippen molar-refractivity contribution >= 4 is 13.5 Å². The van der Waals surface area contributed by atoms with Gasteiger partial charge in [-0.15, -0.1) is 0 Å².